The summed E-state index contributed by atoms with van der Waals surface area (Å²) in [5.74, 6) is 1.27. The van der Waals surface area contributed by atoms with Gasteiger partial charge in [0.1, 0.15) is 5.82 Å². The normalized spacial score (nSPS) is 10.7. The summed E-state index contributed by atoms with van der Waals surface area (Å²) in [6.45, 7) is 2.08. The van der Waals surface area contributed by atoms with Gasteiger partial charge in [-0.15, -0.1) is 0 Å². The molecule has 0 amide bonds. The van der Waals surface area contributed by atoms with E-state index in [1.165, 1.54) is 0 Å². The first-order valence-electron chi connectivity index (χ1n) is 4.80. The van der Waals surface area contributed by atoms with Crippen molar-refractivity contribution in [2.75, 3.05) is 0 Å². The van der Waals surface area contributed by atoms with Crippen molar-refractivity contribution in [2.45, 2.75) is 19.8 Å². The third-order valence-corrected chi connectivity index (χ3v) is 2.31. The Labute approximate surface area is 102 Å². The second-order valence-corrected chi connectivity index (χ2v) is 3.81. The number of halogens is 2. The Hall–Kier alpha value is -1.20. The van der Waals surface area contributed by atoms with Gasteiger partial charge in [0.25, 0.3) is 0 Å². The Balaban J connectivity index is 2.45. The zero-order valence-electron chi connectivity index (χ0n) is 8.56. The van der Waals surface area contributed by atoms with Crippen LogP contribution in [0.4, 0.5) is 0 Å². The summed E-state index contributed by atoms with van der Waals surface area (Å²) < 4.78 is 1.75. The van der Waals surface area contributed by atoms with Crippen LogP contribution in [-0.4, -0.2) is 24.5 Å². The van der Waals surface area contributed by atoms with Crippen molar-refractivity contribution in [3.8, 4) is 5.95 Å². The predicted molar refractivity (Wildman–Crippen MR) is 61.0 cm³/mol. The van der Waals surface area contributed by atoms with E-state index in [-0.39, 0.29) is 10.6 Å². The minimum atomic E-state index is 0.0751. The highest BCUT2D eigenvalue weighted by atomic mass is 35.5. The van der Waals surface area contributed by atoms with E-state index in [1.54, 1.807) is 17.0 Å². The fourth-order valence-corrected chi connectivity index (χ4v) is 1.70. The van der Waals surface area contributed by atoms with E-state index >= 15 is 0 Å². The Morgan fingerprint density at radius 2 is 1.88 bits per heavy atom. The Morgan fingerprint density at radius 3 is 2.50 bits per heavy atom. The topological polar surface area (TPSA) is 56.5 Å². The van der Waals surface area contributed by atoms with Crippen molar-refractivity contribution < 1.29 is 0 Å². The Morgan fingerprint density at radius 1 is 1.19 bits per heavy atom. The van der Waals surface area contributed by atoms with E-state index in [4.69, 9.17) is 23.2 Å². The highest BCUT2D eigenvalue weighted by Crippen LogP contribution is 2.12. The van der Waals surface area contributed by atoms with Crippen molar-refractivity contribution >= 4 is 23.2 Å². The summed E-state index contributed by atoms with van der Waals surface area (Å²) >= 11 is 11.4. The van der Waals surface area contributed by atoms with E-state index in [0.29, 0.717) is 5.95 Å². The minimum absolute atomic E-state index is 0.0751. The molecular formula is C9H9Cl2N5. The molecule has 16 heavy (non-hydrogen) atoms. The maximum atomic E-state index is 5.72. The van der Waals surface area contributed by atoms with Crippen LogP contribution in [0.2, 0.25) is 10.6 Å². The maximum absolute atomic E-state index is 5.72. The number of nitrogens with zero attached hydrogens (tertiary/aromatic N) is 5. The summed E-state index contributed by atoms with van der Waals surface area (Å²) in [6.07, 6.45) is 5.29. The van der Waals surface area contributed by atoms with Crippen molar-refractivity contribution in [3.05, 3.63) is 28.8 Å². The molecule has 0 aliphatic heterocycles. The molecule has 7 heteroatoms. The summed E-state index contributed by atoms with van der Waals surface area (Å²) in [6, 6.07) is 0. The first kappa shape index (κ1) is 11.3. The fourth-order valence-electron chi connectivity index (χ4n) is 1.35. The molecule has 2 aromatic rings. The second kappa shape index (κ2) is 4.76. The van der Waals surface area contributed by atoms with Crippen LogP contribution in [0.3, 0.4) is 0 Å². The Kier molecular flexibility index (Phi) is 3.36. The molecule has 0 atom stereocenters. The zero-order chi connectivity index (χ0) is 11.5. The largest absolute Gasteiger partial charge is 0.272 e. The van der Waals surface area contributed by atoms with Crippen molar-refractivity contribution in [1.82, 2.24) is 24.5 Å². The van der Waals surface area contributed by atoms with Gasteiger partial charge in [-0.05, 0) is 29.6 Å². The molecule has 0 bridgehead atoms. The standard InChI is InChI=1S/C9H9Cl2N5/c1-2-3-6-12-4-5-16(6)9-14-7(10)13-8(11)15-9/h4-5H,2-3H2,1H3. The molecule has 2 rings (SSSR count). The second-order valence-electron chi connectivity index (χ2n) is 3.14. The minimum Gasteiger partial charge on any atom is -0.272 e. The van der Waals surface area contributed by atoms with Gasteiger partial charge in [0.15, 0.2) is 0 Å². The number of aryl methyl sites for hydroxylation is 1. The van der Waals surface area contributed by atoms with Gasteiger partial charge in [0.2, 0.25) is 16.5 Å². The van der Waals surface area contributed by atoms with Crippen molar-refractivity contribution in [1.29, 1.82) is 0 Å². The lowest BCUT2D eigenvalue weighted by atomic mass is 10.3. The van der Waals surface area contributed by atoms with Gasteiger partial charge >= 0.3 is 0 Å². The lowest BCUT2D eigenvalue weighted by molar-refractivity contribution is 0.776. The molecule has 0 N–H and O–H groups in total. The van der Waals surface area contributed by atoms with Crippen LogP contribution in [0.15, 0.2) is 12.4 Å². The molecule has 0 saturated heterocycles. The molecule has 0 aromatic carbocycles. The molecular weight excluding hydrogens is 249 g/mol. The SMILES string of the molecule is CCCc1nccn1-c1nc(Cl)nc(Cl)n1. The van der Waals surface area contributed by atoms with Gasteiger partial charge in [-0.1, -0.05) is 6.92 Å². The van der Waals surface area contributed by atoms with Crippen LogP contribution >= 0.6 is 23.2 Å². The molecule has 0 radical (unpaired) electrons. The maximum Gasteiger partial charge on any atom is 0.240 e. The predicted octanol–water partition coefficient (Wildman–Crippen LogP) is 2.32. The van der Waals surface area contributed by atoms with Crippen LogP contribution in [0.1, 0.15) is 19.2 Å². The molecule has 2 aromatic heterocycles. The molecule has 0 unspecified atom stereocenters. The number of hydrogen-bond acceptors (Lipinski definition) is 4. The summed E-state index contributed by atoms with van der Waals surface area (Å²) in [4.78, 5) is 15.9. The van der Waals surface area contributed by atoms with E-state index in [0.717, 1.165) is 18.7 Å². The van der Waals surface area contributed by atoms with Gasteiger partial charge in [-0.3, -0.25) is 4.57 Å². The lowest BCUT2D eigenvalue weighted by Crippen LogP contribution is -2.06. The molecule has 0 spiro atoms. The van der Waals surface area contributed by atoms with E-state index in [9.17, 15) is 0 Å². The van der Waals surface area contributed by atoms with Gasteiger partial charge in [0, 0.05) is 18.8 Å². The molecule has 5 nitrogen and oxygen atoms in total. The molecule has 0 fully saturated rings. The first-order valence-corrected chi connectivity index (χ1v) is 5.56. The van der Waals surface area contributed by atoms with Crippen LogP contribution in [0, 0.1) is 0 Å². The molecule has 84 valence electrons. The van der Waals surface area contributed by atoms with E-state index in [2.05, 4.69) is 26.9 Å². The monoisotopic (exact) mass is 257 g/mol. The lowest BCUT2D eigenvalue weighted by Gasteiger charge is -2.04. The molecule has 2 heterocycles. The van der Waals surface area contributed by atoms with Crippen LogP contribution in [0.5, 0.6) is 0 Å². The Bertz CT molecular complexity index is 476. The third-order valence-electron chi connectivity index (χ3n) is 1.98. The molecule has 0 aliphatic rings. The zero-order valence-corrected chi connectivity index (χ0v) is 10.1. The average molecular weight is 258 g/mol. The van der Waals surface area contributed by atoms with E-state index in [1.807, 2.05) is 0 Å². The molecule has 0 saturated carbocycles. The van der Waals surface area contributed by atoms with Gasteiger partial charge < -0.3 is 0 Å². The van der Waals surface area contributed by atoms with Crippen molar-refractivity contribution in [2.24, 2.45) is 0 Å². The highest BCUT2D eigenvalue weighted by molar-refractivity contribution is 6.31. The van der Waals surface area contributed by atoms with Gasteiger partial charge in [0.05, 0.1) is 0 Å². The first-order chi connectivity index (χ1) is 7.70. The van der Waals surface area contributed by atoms with E-state index < -0.39 is 0 Å². The number of rotatable bonds is 3. The number of hydrogen-bond donors (Lipinski definition) is 0. The summed E-state index contributed by atoms with van der Waals surface area (Å²) in [5.41, 5.74) is 0. The van der Waals surface area contributed by atoms with Crippen LogP contribution < -0.4 is 0 Å². The molecule has 0 aliphatic carbocycles. The number of aromatic nitrogens is 5. The van der Waals surface area contributed by atoms with Gasteiger partial charge in [-0.25, -0.2) is 4.98 Å². The smallest absolute Gasteiger partial charge is 0.240 e. The third kappa shape index (κ3) is 2.31. The van der Waals surface area contributed by atoms with Crippen molar-refractivity contribution in [3.63, 3.8) is 0 Å². The fraction of sp³-hybridized carbons (Fsp3) is 0.333. The summed E-state index contributed by atoms with van der Waals surface area (Å²) in [5, 5.41) is 0.150. The highest BCUT2D eigenvalue weighted by Gasteiger charge is 2.09. The summed E-state index contributed by atoms with van der Waals surface area (Å²) in [7, 11) is 0. The van der Waals surface area contributed by atoms with Crippen LogP contribution in [-0.2, 0) is 6.42 Å². The average Bonchev–Trinajstić information content (AvgIpc) is 2.65. The van der Waals surface area contributed by atoms with Gasteiger partial charge in [-0.2, -0.15) is 15.0 Å². The quantitative estimate of drug-likeness (QED) is 0.847. The van der Waals surface area contributed by atoms with Crippen LogP contribution in [0.25, 0.3) is 5.95 Å². The number of imidazole rings is 1.